The van der Waals surface area contributed by atoms with Crippen LogP contribution in [0.4, 0.5) is 10.5 Å². The summed E-state index contributed by atoms with van der Waals surface area (Å²) in [4.78, 5) is 42.5. The molecule has 2 aromatic rings. The Labute approximate surface area is 228 Å². The molecule has 0 fully saturated rings. The van der Waals surface area contributed by atoms with Gasteiger partial charge in [-0.15, -0.1) is 0 Å². The molecule has 2 rings (SSSR count). The highest BCUT2D eigenvalue weighted by atomic mass is 16.6. The predicted octanol–water partition coefficient (Wildman–Crippen LogP) is 6.47. The summed E-state index contributed by atoms with van der Waals surface area (Å²) < 4.78 is 5.45. The number of nitrogens with one attached hydrogen (secondary N) is 2. The first-order chi connectivity index (χ1) is 17.7. The summed E-state index contributed by atoms with van der Waals surface area (Å²) in [5.74, 6) is -0.835. The number of hydrogen-bond donors (Lipinski definition) is 2. The summed E-state index contributed by atoms with van der Waals surface area (Å²) in [5, 5.41) is 5.83. The molecule has 208 valence electrons. The number of amides is 3. The van der Waals surface area contributed by atoms with Crippen molar-refractivity contribution < 1.29 is 19.1 Å². The number of nitrogens with zero attached hydrogens (tertiary/aromatic N) is 1. The second kappa shape index (κ2) is 13.4. The molecule has 0 aromatic heterocycles. The van der Waals surface area contributed by atoms with Gasteiger partial charge < -0.3 is 20.3 Å². The molecule has 38 heavy (non-hydrogen) atoms. The largest absolute Gasteiger partial charge is 0.444 e. The van der Waals surface area contributed by atoms with E-state index in [1.807, 2.05) is 84.0 Å². The van der Waals surface area contributed by atoms with Crippen molar-refractivity contribution in [1.82, 2.24) is 10.2 Å². The minimum Gasteiger partial charge on any atom is -0.444 e. The second-order valence-corrected chi connectivity index (χ2v) is 11.3. The molecule has 0 aliphatic carbocycles. The van der Waals surface area contributed by atoms with Crippen molar-refractivity contribution in [2.24, 2.45) is 5.92 Å². The Morgan fingerprint density at radius 2 is 1.63 bits per heavy atom. The summed E-state index contributed by atoms with van der Waals surface area (Å²) in [6, 6.07) is 11.7. The summed E-state index contributed by atoms with van der Waals surface area (Å²) >= 11 is 0. The molecule has 7 nitrogen and oxygen atoms in total. The zero-order valence-corrected chi connectivity index (χ0v) is 24.5. The molecule has 2 atom stereocenters. The molecule has 0 radical (unpaired) electrons. The Bertz CT molecular complexity index is 1120. The third-order valence-electron chi connectivity index (χ3n) is 6.32. The van der Waals surface area contributed by atoms with E-state index in [4.69, 9.17) is 4.74 Å². The number of carbonyl (C=O) groups is 3. The standard InChI is InChI=1S/C31H45N3O4/c1-10-11-18-34(29(36)26(20(2)3)33-30(37)38-31(7,8)9)27(24-17-16-21(4)19-23(24)6)28(35)32-25-15-13-12-14-22(25)5/h12-17,19-20,26-27H,10-11,18H2,1-9H3,(H,32,35)(H,33,37). The van der Waals surface area contributed by atoms with Crippen LogP contribution >= 0.6 is 0 Å². The number of alkyl carbamates (subject to hydrolysis) is 1. The summed E-state index contributed by atoms with van der Waals surface area (Å²) in [5.41, 5.74) is 3.67. The van der Waals surface area contributed by atoms with Crippen LogP contribution in [0.2, 0.25) is 0 Å². The first-order valence-corrected chi connectivity index (χ1v) is 13.5. The monoisotopic (exact) mass is 523 g/mol. The van der Waals surface area contributed by atoms with Gasteiger partial charge in [0.1, 0.15) is 17.7 Å². The van der Waals surface area contributed by atoms with E-state index in [0.717, 1.165) is 28.7 Å². The second-order valence-electron chi connectivity index (χ2n) is 11.3. The fourth-order valence-electron chi connectivity index (χ4n) is 4.32. The van der Waals surface area contributed by atoms with Gasteiger partial charge in [0.05, 0.1) is 0 Å². The molecule has 0 aliphatic heterocycles. The van der Waals surface area contributed by atoms with E-state index in [2.05, 4.69) is 10.6 Å². The van der Waals surface area contributed by atoms with Gasteiger partial charge in [-0.05, 0) is 76.6 Å². The van der Waals surface area contributed by atoms with Crippen LogP contribution in [-0.4, -0.2) is 41.0 Å². The summed E-state index contributed by atoms with van der Waals surface area (Å²) in [6.07, 6.45) is 0.892. The van der Waals surface area contributed by atoms with E-state index in [1.54, 1.807) is 25.7 Å². The van der Waals surface area contributed by atoms with E-state index < -0.39 is 23.8 Å². The summed E-state index contributed by atoms with van der Waals surface area (Å²) in [6.45, 7) is 17.4. The van der Waals surface area contributed by atoms with Gasteiger partial charge >= 0.3 is 6.09 Å². The number of aryl methyl sites for hydroxylation is 3. The fourth-order valence-corrected chi connectivity index (χ4v) is 4.32. The van der Waals surface area contributed by atoms with Gasteiger partial charge in [-0.3, -0.25) is 9.59 Å². The lowest BCUT2D eigenvalue weighted by Gasteiger charge is -2.36. The van der Waals surface area contributed by atoms with Crippen molar-refractivity contribution in [2.45, 2.75) is 92.8 Å². The number of carbonyl (C=O) groups excluding carboxylic acids is 3. The molecule has 0 aliphatic rings. The quantitative estimate of drug-likeness (QED) is 0.374. The topological polar surface area (TPSA) is 87.7 Å². The van der Waals surface area contributed by atoms with Crippen molar-refractivity contribution in [3.8, 4) is 0 Å². The van der Waals surface area contributed by atoms with E-state index >= 15 is 0 Å². The van der Waals surface area contributed by atoms with Crippen molar-refractivity contribution in [3.63, 3.8) is 0 Å². The van der Waals surface area contributed by atoms with Crippen LogP contribution in [0, 0.1) is 26.7 Å². The Morgan fingerprint density at radius 3 is 2.18 bits per heavy atom. The van der Waals surface area contributed by atoms with E-state index in [0.29, 0.717) is 18.7 Å². The maximum absolute atomic E-state index is 14.2. The number of benzene rings is 2. The van der Waals surface area contributed by atoms with Crippen LogP contribution in [0.5, 0.6) is 0 Å². The Kier molecular flexibility index (Phi) is 10.9. The third-order valence-corrected chi connectivity index (χ3v) is 6.32. The molecule has 0 saturated heterocycles. The number of rotatable bonds is 10. The molecule has 3 amide bonds. The van der Waals surface area contributed by atoms with Crippen LogP contribution in [-0.2, 0) is 14.3 Å². The molecule has 2 N–H and O–H groups in total. The minimum absolute atomic E-state index is 0.224. The van der Waals surface area contributed by atoms with Gasteiger partial charge in [0.2, 0.25) is 5.91 Å². The van der Waals surface area contributed by atoms with Crippen molar-refractivity contribution in [1.29, 1.82) is 0 Å². The number of unbranched alkanes of at least 4 members (excludes halogenated alkanes) is 1. The Balaban J connectivity index is 2.57. The molecule has 0 spiro atoms. The normalized spacial score (nSPS) is 13.0. The summed E-state index contributed by atoms with van der Waals surface area (Å²) in [7, 11) is 0. The smallest absolute Gasteiger partial charge is 0.408 e. The lowest BCUT2D eigenvalue weighted by molar-refractivity contribution is -0.141. The van der Waals surface area contributed by atoms with Crippen LogP contribution in [0.3, 0.4) is 0 Å². The van der Waals surface area contributed by atoms with E-state index in [1.165, 1.54) is 0 Å². The molecular formula is C31H45N3O4. The van der Waals surface area contributed by atoms with Gasteiger partial charge in [-0.25, -0.2) is 4.79 Å². The molecule has 0 saturated carbocycles. The SMILES string of the molecule is CCCCN(C(=O)C(NC(=O)OC(C)(C)C)C(C)C)C(C(=O)Nc1ccccc1C)c1ccc(C)cc1C. The van der Waals surface area contributed by atoms with Gasteiger partial charge in [0.25, 0.3) is 5.91 Å². The van der Waals surface area contributed by atoms with Gasteiger partial charge in [0.15, 0.2) is 0 Å². The highest BCUT2D eigenvalue weighted by molar-refractivity contribution is 5.99. The number of anilines is 1. The van der Waals surface area contributed by atoms with Crippen LogP contribution in [0.1, 0.15) is 82.7 Å². The minimum atomic E-state index is -0.879. The average molecular weight is 524 g/mol. The highest BCUT2D eigenvalue weighted by Gasteiger charge is 2.38. The molecule has 0 heterocycles. The van der Waals surface area contributed by atoms with E-state index in [9.17, 15) is 14.4 Å². The fraction of sp³-hybridized carbons (Fsp3) is 0.516. The number of hydrogen-bond acceptors (Lipinski definition) is 4. The average Bonchev–Trinajstić information content (AvgIpc) is 2.80. The highest BCUT2D eigenvalue weighted by Crippen LogP contribution is 2.29. The first kappa shape index (κ1) is 30.9. The number of ether oxygens (including phenoxy) is 1. The Hall–Kier alpha value is -3.35. The first-order valence-electron chi connectivity index (χ1n) is 13.5. The van der Waals surface area contributed by atoms with Gasteiger partial charge in [0, 0.05) is 12.2 Å². The number of para-hydroxylation sites is 1. The van der Waals surface area contributed by atoms with Crippen LogP contribution in [0.25, 0.3) is 0 Å². The van der Waals surface area contributed by atoms with Crippen molar-refractivity contribution in [2.75, 3.05) is 11.9 Å². The van der Waals surface area contributed by atoms with Crippen LogP contribution < -0.4 is 10.6 Å². The zero-order valence-electron chi connectivity index (χ0n) is 24.5. The maximum atomic E-state index is 14.2. The van der Waals surface area contributed by atoms with E-state index in [-0.39, 0.29) is 17.7 Å². The molecular weight excluding hydrogens is 478 g/mol. The third kappa shape index (κ3) is 8.61. The van der Waals surface area contributed by atoms with Crippen molar-refractivity contribution >= 4 is 23.6 Å². The molecule has 0 bridgehead atoms. The maximum Gasteiger partial charge on any atom is 0.408 e. The van der Waals surface area contributed by atoms with Crippen LogP contribution in [0.15, 0.2) is 42.5 Å². The molecule has 2 aromatic carbocycles. The Morgan fingerprint density at radius 1 is 0.974 bits per heavy atom. The lowest BCUT2D eigenvalue weighted by Crippen LogP contribution is -2.54. The van der Waals surface area contributed by atoms with Gasteiger partial charge in [-0.2, -0.15) is 0 Å². The predicted molar refractivity (Wildman–Crippen MR) is 153 cm³/mol. The lowest BCUT2D eigenvalue weighted by atomic mass is 9.94. The molecule has 7 heteroatoms. The van der Waals surface area contributed by atoms with Crippen molar-refractivity contribution in [3.05, 3.63) is 64.7 Å². The van der Waals surface area contributed by atoms with Gasteiger partial charge in [-0.1, -0.05) is 69.2 Å². The molecule has 2 unspecified atom stereocenters. The zero-order chi connectivity index (χ0) is 28.6.